The zero-order chi connectivity index (χ0) is 22.1. The molecule has 1 aliphatic rings. The number of aliphatic hydroxyl groups is 2. The van der Waals surface area contributed by atoms with Crippen LogP contribution >= 0.6 is 11.6 Å². The van der Waals surface area contributed by atoms with Crippen molar-refractivity contribution in [2.45, 2.75) is 16.6 Å². The lowest BCUT2D eigenvalue weighted by molar-refractivity contribution is -0.0641. The predicted molar refractivity (Wildman–Crippen MR) is 102 cm³/mol. The topological polar surface area (TPSA) is 135 Å². The van der Waals surface area contributed by atoms with Crippen molar-refractivity contribution in [2.24, 2.45) is 0 Å². The van der Waals surface area contributed by atoms with Crippen molar-refractivity contribution in [1.82, 2.24) is 4.31 Å². The van der Waals surface area contributed by atoms with E-state index in [1.54, 1.807) is 12.1 Å². The third-order valence-corrected chi connectivity index (χ3v) is 6.82. The Balaban J connectivity index is 1.92. The number of halogens is 2. The molecule has 0 aliphatic carbocycles. The molecule has 0 bridgehead atoms. The van der Waals surface area contributed by atoms with Crippen molar-refractivity contribution in [3.63, 3.8) is 0 Å². The standard InChI is InChI=1S/C19H15ClFN3O5S/c20-14-2-4-17(13(5-14)8-23)30(27,28)24-9-18(19(26,10-24)11-25)29-15-3-1-12(7-22)16(21)6-15/h1-6,18,25-26H,9-11H2/t18?,19-/m0/s1. The Morgan fingerprint density at radius 1 is 1.23 bits per heavy atom. The van der Waals surface area contributed by atoms with Crippen molar-refractivity contribution >= 4 is 21.6 Å². The highest BCUT2D eigenvalue weighted by atomic mass is 35.5. The summed E-state index contributed by atoms with van der Waals surface area (Å²) in [6.45, 7) is -1.70. The van der Waals surface area contributed by atoms with Gasteiger partial charge in [-0.05, 0) is 30.3 Å². The minimum absolute atomic E-state index is 0.0492. The second kappa shape index (κ2) is 8.19. The Morgan fingerprint density at radius 3 is 2.53 bits per heavy atom. The van der Waals surface area contributed by atoms with Crippen LogP contribution in [-0.2, 0) is 10.0 Å². The van der Waals surface area contributed by atoms with Gasteiger partial charge in [-0.15, -0.1) is 0 Å². The van der Waals surface area contributed by atoms with Crippen molar-refractivity contribution in [1.29, 1.82) is 10.5 Å². The fourth-order valence-electron chi connectivity index (χ4n) is 3.09. The largest absolute Gasteiger partial charge is 0.486 e. The molecule has 1 fully saturated rings. The minimum atomic E-state index is -4.24. The van der Waals surface area contributed by atoms with Gasteiger partial charge in [0.25, 0.3) is 0 Å². The number of hydrogen-bond acceptors (Lipinski definition) is 7. The third kappa shape index (κ3) is 3.97. The lowest BCUT2D eigenvalue weighted by atomic mass is 10.0. The lowest BCUT2D eigenvalue weighted by Crippen LogP contribution is -2.48. The van der Waals surface area contributed by atoms with E-state index in [1.807, 2.05) is 0 Å². The van der Waals surface area contributed by atoms with Gasteiger partial charge in [0.05, 0.1) is 24.3 Å². The summed E-state index contributed by atoms with van der Waals surface area (Å²) in [5.41, 5.74) is -2.35. The molecule has 3 rings (SSSR count). The summed E-state index contributed by atoms with van der Waals surface area (Å²) in [7, 11) is -4.24. The first-order valence-corrected chi connectivity index (χ1v) is 10.4. The number of β-amino-alcohol motifs (C(OH)–C–C–N with tert-alkyl or cyclic N) is 1. The maximum atomic E-state index is 13.8. The number of nitrogens with zero attached hydrogens (tertiary/aromatic N) is 3. The van der Waals surface area contributed by atoms with E-state index in [4.69, 9.17) is 21.6 Å². The van der Waals surface area contributed by atoms with Crippen LogP contribution in [0.4, 0.5) is 4.39 Å². The normalized spacial score (nSPS) is 21.7. The molecule has 1 aliphatic heterocycles. The quantitative estimate of drug-likeness (QED) is 0.701. The molecule has 8 nitrogen and oxygen atoms in total. The molecular formula is C19H15ClFN3O5S. The average molecular weight is 452 g/mol. The Morgan fingerprint density at radius 2 is 1.93 bits per heavy atom. The van der Waals surface area contributed by atoms with Crippen LogP contribution in [0.15, 0.2) is 41.3 Å². The third-order valence-electron chi connectivity index (χ3n) is 4.71. The predicted octanol–water partition coefficient (Wildman–Crippen LogP) is 1.40. The number of nitriles is 2. The summed E-state index contributed by atoms with van der Waals surface area (Å²) < 4.78 is 46.4. The van der Waals surface area contributed by atoms with Crippen LogP contribution in [0, 0.1) is 28.5 Å². The second-order valence-corrected chi connectivity index (χ2v) is 9.01. The Kier molecular flexibility index (Phi) is 5.99. The molecule has 1 unspecified atom stereocenters. The fraction of sp³-hybridized carbons (Fsp3) is 0.263. The Labute approximate surface area is 177 Å². The Bertz CT molecular complexity index is 1180. The summed E-state index contributed by atoms with van der Waals surface area (Å²) in [5, 5.41) is 38.6. The smallest absolute Gasteiger partial charge is 0.244 e. The first-order valence-electron chi connectivity index (χ1n) is 8.54. The van der Waals surface area contributed by atoms with Gasteiger partial charge in [-0.25, -0.2) is 12.8 Å². The minimum Gasteiger partial charge on any atom is -0.486 e. The molecule has 0 amide bonds. The van der Waals surface area contributed by atoms with Crippen LogP contribution in [0.2, 0.25) is 5.02 Å². The van der Waals surface area contributed by atoms with E-state index < -0.39 is 40.7 Å². The fourth-order valence-corrected chi connectivity index (χ4v) is 4.88. The van der Waals surface area contributed by atoms with Crippen molar-refractivity contribution in [3.8, 4) is 17.9 Å². The first kappa shape index (κ1) is 22.0. The van der Waals surface area contributed by atoms with Gasteiger partial charge < -0.3 is 14.9 Å². The van der Waals surface area contributed by atoms with Crippen molar-refractivity contribution in [2.75, 3.05) is 19.7 Å². The van der Waals surface area contributed by atoms with E-state index in [2.05, 4.69) is 0 Å². The zero-order valence-corrected chi connectivity index (χ0v) is 16.9. The molecule has 1 saturated heterocycles. The summed E-state index contributed by atoms with van der Waals surface area (Å²) in [6.07, 6.45) is -1.23. The molecule has 0 spiro atoms. The highest BCUT2D eigenvalue weighted by molar-refractivity contribution is 7.89. The number of ether oxygens (including phenoxy) is 1. The molecule has 2 aromatic rings. The van der Waals surface area contributed by atoms with Gasteiger partial charge in [-0.2, -0.15) is 14.8 Å². The van der Waals surface area contributed by atoms with Crippen LogP contribution in [0.5, 0.6) is 5.75 Å². The molecule has 0 radical (unpaired) electrons. The van der Waals surface area contributed by atoms with Crippen LogP contribution in [0.3, 0.4) is 0 Å². The molecule has 2 aromatic carbocycles. The van der Waals surface area contributed by atoms with E-state index in [9.17, 15) is 28.3 Å². The highest BCUT2D eigenvalue weighted by Crippen LogP contribution is 2.32. The van der Waals surface area contributed by atoms with Crippen LogP contribution in [0.25, 0.3) is 0 Å². The molecule has 2 N–H and O–H groups in total. The molecule has 30 heavy (non-hydrogen) atoms. The van der Waals surface area contributed by atoms with Gasteiger partial charge >= 0.3 is 0 Å². The summed E-state index contributed by atoms with van der Waals surface area (Å²) in [5.74, 6) is -0.892. The van der Waals surface area contributed by atoms with E-state index >= 15 is 0 Å². The van der Waals surface area contributed by atoms with Crippen LogP contribution in [-0.4, -0.2) is 54.3 Å². The maximum absolute atomic E-state index is 13.8. The van der Waals surface area contributed by atoms with Gasteiger partial charge in [0, 0.05) is 17.6 Å². The zero-order valence-electron chi connectivity index (χ0n) is 15.3. The number of aliphatic hydroxyl groups excluding tert-OH is 1. The number of sulfonamides is 1. The van der Waals surface area contributed by atoms with Crippen molar-refractivity contribution in [3.05, 3.63) is 58.4 Å². The Hall–Kier alpha value is -2.73. The van der Waals surface area contributed by atoms with E-state index in [1.165, 1.54) is 30.3 Å². The lowest BCUT2D eigenvalue weighted by Gasteiger charge is -2.27. The molecule has 2 atom stereocenters. The molecule has 0 saturated carbocycles. The summed E-state index contributed by atoms with van der Waals surface area (Å²) >= 11 is 5.82. The van der Waals surface area contributed by atoms with E-state index in [-0.39, 0.29) is 33.3 Å². The SMILES string of the molecule is N#Cc1ccc(OC2CN(S(=O)(=O)c3ccc(Cl)cc3C#N)C[C@]2(O)CO)cc1F. The number of hydrogen-bond donors (Lipinski definition) is 2. The van der Waals surface area contributed by atoms with Gasteiger partial charge in [0.1, 0.15) is 40.3 Å². The monoisotopic (exact) mass is 451 g/mol. The number of rotatable bonds is 5. The van der Waals surface area contributed by atoms with Crippen LogP contribution in [0.1, 0.15) is 11.1 Å². The van der Waals surface area contributed by atoms with Gasteiger partial charge in [-0.1, -0.05) is 11.6 Å². The van der Waals surface area contributed by atoms with Gasteiger partial charge in [-0.3, -0.25) is 0 Å². The van der Waals surface area contributed by atoms with Gasteiger partial charge in [0.2, 0.25) is 10.0 Å². The van der Waals surface area contributed by atoms with Crippen LogP contribution < -0.4 is 4.74 Å². The van der Waals surface area contributed by atoms with Crippen molar-refractivity contribution < 1.29 is 27.8 Å². The first-order chi connectivity index (χ1) is 14.1. The van der Waals surface area contributed by atoms with Gasteiger partial charge in [0.15, 0.2) is 0 Å². The second-order valence-electron chi connectivity index (χ2n) is 6.67. The molecule has 1 heterocycles. The molecular weight excluding hydrogens is 437 g/mol. The maximum Gasteiger partial charge on any atom is 0.244 e. The summed E-state index contributed by atoms with van der Waals surface area (Å²) in [6, 6.07) is 10.5. The molecule has 0 aromatic heterocycles. The highest BCUT2D eigenvalue weighted by Gasteiger charge is 2.51. The summed E-state index contributed by atoms with van der Waals surface area (Å²) in [4.78, 5) is -0.306. The van der Waals surface area contributed by atoms with E-state index in [0.717, 1.165) is 10.4 Å². The number of benzene rings is 2. The van der Waals surface area contributed by atoms with E-state index in [0.29, 0.717) is 0 Å². The molecule has 156 valence electrons. The molecule has 11 heteroatoms. The average Bonchev–Trinajstić information content (AvgIpc) is 3.05.